The summed E-state index contributed by atoms with van der Waals surface area (Å²) in [6, 6.07) is 0. The highest BCUT2D eigenvalue weighted by atomic mass is 16.5. The predicted octanol–water partition coefficient (Wildman–Crippen LogP) is 1.34. The van der Waals surface area contributed by atoms with E-state index in [1.165, 1.54) is 5.70 Å². The summed E-state index contributed by atoms with van der Waals surface area (Å²) >= 11 is 0. The van der Waals surface area contributed by atoms with Crippen molar-refractivity contribution in [3.05, 3.63) is 11.8 Å². The lowest BCUT2D eigenvalue weighted by atomic mass is 10.1. The fourth-order valence-electron chi connectivity index (χ4n) is 2.21. The summed E-state index contributed by atoms with van der Waals surface area (Å²) in [4.78, 5) is 13.4. The first-order chi connectivity index (χ1) is 6.79. The van der Waals surface area contributed by atoms with Crippen LogP contribution in [0.4, 0.5) is 0 Å². The van der Waals surface area contributed by atoms with E-state index in [1.807, 2.05) is 6.08 Å². The Labute approximate surface area is 84.7 Å². The van der Waals surface area contributed by atoms with Crippen molar-refractivity contribution in [3.8, 4) is 0 Å². The van der Waals surface area contributed by atoms with Crippen LogP contribution in [0, 0.1) is 0 Å². The van der Waals surface area contributed by atoms with Gasteiger partial charge in [0, 0.05) is 38.4 Å². The Morgan fingerprint density at radius 2 is 2.07 bits per heavy atom. The lowest BCUT2D eigenvalue weighted by Crippen LogP contribution is -2.35. The summed E-state index contributed by atoms with van der Waals surface area (Å²) in [5, 5.41) is 0. The second-order valence-electron chi connectivity index (χ2n) is 4.02. The van der Waals surface area contributed by atoms with E-state index < -0.39 is 0 Å². The highest BCUT2D eigenvalue weighted by molar-refractivity contribution is 5.92. The van der Waals surface area contributed by atoms with Crippen LogP contribution >= 0.6 is 0 Å². The Hall–Kier alpha value is -0.830. The number of piperidine rings is 1. The fraction of sp³-hybridized carbons (Fsp3) is 0.727. The third-order valence-electron chi connectivity index (χ3n) is 3.14. The Morgan fingerprint density at radius 1 is 1.36 bits per heavy atom. The Kier molecular flexibility index (Phi) is 2.87. The molecule has 0 spiro atoms. The monoisotopic (exact) mass is 195 g/mol. The largest absolute Gasteiger partial charge is 0.381 e. The minimum absolute atomic E-state index is 0.286. The van der Waals surface area contributed by atoms with Gasteiger partial charge < -0.3 is 9.64 Å². The van der Waals surface area contributed by atoms with Gasteiger partial charge in [-0.05, 0) is 19.3 Å². The van der Waals surface area contributed by atoms with Crippen molar-refractivity contribution in [3.63, 3.8) is 0 Å². The Balaban J connectivity index is 1.89. The van der Waals surface area contributed by atoms with Gasteiger partial charge in [-0.25, -0.2) is 0 Å². The lowest BCUT2D eigenvalue weighted by molar-refractivity contribution is -0.114. The quantitative estimate of drug-likeness (QED) is 0.666. The third kappa shape index (κ3) is 1.98. The number of allylic oxidation sites excluding steroid dienone is 2. The van der Waals surface area contributed by atoms with Gasteiger partial charge >= 0.3 is 0 Å². The average Bonchev–Trinajstić information content (AvgIpc) is 2.65. The zero-order valence-electron chi connectivity index (χ0n) is 8.66. The molecule has 1 fully saturated rings. The predicted molar refractivity (Wildman–Crippen MR) is 53.9 cm³/mol. The summed E-state index contributed by atoms with van der Waals surface area (Å²) < 4.78 is 5.31. The maximum atomic E-state index is 11.1. The van der Waals surface area contributed by atoms with Gasteiger partial charge in [0.15, 0.2) is 5.78 Å². The molecule has 2 rings (SSSR count). The molecule has 0 aromatic heterocycles. The molecule has 0 bridgehead atoms. The molecule has 0 unspecified atom stereocenters. The van der Waals surface area contributed by atoms with Crippen LogP contribution in [0.2, 0.25) is 0 Å². The van der Waals surface area contributed by atoms with E-state index in [0.717, 1.165) is 32.4 Å². The molecule has 1 heterocycles. The number of methoxy groups -OCH3 is 1. The molecule has 0 atom stereocenters. The van der Waals surface area contributed by atoms with Crippen LogP contribution in [0.25, 0.3) is 0 Å². The summed E-state index contributed by atoms with van der Waals surface area (Å²) in [6.07, 6.45) is 6.05. The molecule has 78 valence electrons. The van der Waals surface area contributed by atoms with E-state index in [0.29, 0.717) is 12.5 Å². The molecule has 2 aliphatic rings. The van der Waals surface area contributed by atoms with E-state index in [-0.39, 0.29) is 5.78 Å². The van der Waals surface area contributed by atoms with Crippen molar-refractivity contribution in [1.29, 1.82) is 0 Å². The van der Waals surface area contributed by atoms with Gasteiger partial charge in [0.1, 0.15) is 0 Å². The van der Waals surface area contributed by atoms with Crippen LogP contribution in [0.15, 0.2) is 11.8 Å². The molecule has 0 amide bonds. The maximum absolute atomic E-state index is 11.1. The number of likely N-dealkylation sites (tertiary alicyclic amines) is 1. The van der Waals surface area contributed by atoms with Crippen molar-refractivity contribution in [2.75, 3.05) is 20.2 Å². The molecule has 1 aliphatic carbocycles. The van der Waals surface area contributed by atoms with Gasteiger partial charge in [-0.2, -0.15) is 0 Å². The number of carbonyl (C=O) groups excluding carboxylic acids is 1. The first kappa shape index (κ1) is 9.71. The highest BCUT2D eigenvalue weighted by Crippen LogP contribution is 2.23. The maximum Gasteiger partial charge on any atom is 0.157 e. The van der Waals surface area contributed by atoms with Gasteiger partial charge in [-0.15, -0.1) is 0 Å². The number of hydrogen-bond acceptors (Lipinski definition) is 3. The van der Waals surface area contributed by atoms with Crippen LogP contribution in [-0.2, 0) is 9.53 Å². The first-order valence-corrected chi connectivity index (χ1v) is 5.31. The highest BCUT2D eigenvalue weighted by Gasteiger charge is 2.23. The van der Waals surface area contributed by atoms with E-state index >= 15 is 0 Å². The van der Waals surface area contributed by atoms with Gasteiger partial charge in [-0.1, -0.05) is 0 Å². The van der Waals surface area contributed by atoms with Crippen molar-refractivity contribution in [2.45, 2.75) is 31.8 Å². The summed E-state index contributed by atoms with van der Waals surface area (Å²) in [5.74, 6) is 0.286. The number of ketones is 1. The van der Waals surface area contributed by atoms with Crippen LogP contribution in [0.5, 0.6) is 0 Å². The first-order valence-electron chi connectivity index (χ1n) is 5.31. The number of hydrogen-bond donors (Lipinski definition) is 0. The number of nitrogens with zero attached hydrogens (tertiary/aromatic N) is 1. The lowest BCUT2D eigenvalue weighted by Gasteiger charge is -2.33. The second kappa shape index (κ2) is 4.13. The zero-order valence-corrected chi connectivity index (χ0v) is 8.66. The molecule has 0 saturated carbocycles. The summed E-state index contributed by atoms with van der Waals surface area (Å²) in [6.45, 7) is 2.08. The van der Waals surface area contributed by atoms with Crippen LogP contribution < -0.4 is 0 Å². The Bertz CT molecular complexity index is 252. The Morgan fingerprint density at radius 3 is 2.57 bits per heavy atom. The van der Waals surface area contributed by atoms with E-state index in [2.05, 4.69) is 4.90 Å². The van der Waals surface area contributed by atoms with E-state index in [9.17, 15) is 4.79 Å². The molecule has 3 nitrogen and oxygen atoms in total. The third-order valence-corrected chi connectivity index (χ3v) is 3.14. The van der Waals surface area contributed by atoms with Crippen molar-refractivity contribution < 1.29 is 9.53 Å². The van der Waals surface area contributed by atoms with Crippen LogP contribution in [-0.4, -0.2) is 37.0 Å². The van der Waals surface area contributed by atoms with Gasteiger partial charge in [0.25, 0.3) is 0 Å². The van der Waals surface area contributed by atoms with Crippen LogP contribution in [0.1, 0.15) is 25.7 Å². The fourth-order valence-corrected chi connectivity index (χ4v) is 2.21. The number of carbonyl (C=O) groups is 1. The van der Waals surface area contributed by atoms with E-state index in [1.54, 1.807) is 7.11 Å². The molecule has 3 heteroatoms. The number of ether oxygens (including phenoxy) is 1. The molecule has 1 saturated heterocycles. The number of rotatable bonds is 2. The molecule has 1 aliphatic heterocycles. The topological polar surface area (TPSA) is 29.5 Å². The molecule has 0 aromatic rings. The standard InChI is InChI=1S/C11H17NO2/c1-14-11-4-6-12(7-5-11)9-2-3-10(13)8-9/h8,11H,2-7H2,1H3. The van der Waals surface area contributed by atoms with Crippen LogP contribution in [0.3, 0.4) is 0 Å². The molecule has 0 aromatic carbocycles. The average molecular weight is 195 g/mol. The SMILES string of the molecule is COC1CCN(C2=CC(=O)CC2)CC1. The minimum atomic E-state index is 0.286. The molecular weight excluding hydrogens is 178 g/mol. The minimum Gasteiger partial charge on any atom is -0.381 e. The van der Waals surface area contributed by atoms with Gasteiger partial charge in [0.05, 0.1) is 6.10 Å². The van der Waals surface area contributed by atoms with Gasteiger partial charge in [0.2, 0.25) is 0 Å². The van der Waals surface area contributed by atoms with E-state index in [4.69, 9.17) is 4.74 Å². The van der Waals surface area contributed by atoms with Crippen molar-refractivity contribution >= 4 is 5.78 Å². The normalized spacial score (nSPS) is 24.2. The van der Waals surface area contributed by atoms with Crippen molar-refractivity contribution in [2.24, 2.45) is 0 Å². The molecule has 0 radical (unpaired) electrons. The zero-order chi connectivity index (χ0) is 9.97. The molecule has 0 N–H and O–H groups in total. The van der Waals surface area contributed by atoms with Gasteiger partial charge in [-0.3, -0.25) is 4.79 Å². The second-order valence-corrected chi connectivity index (χ2v) is 4.02. The van der Waals surface area contributed by atoms with Crippen molar-refractivity contribution in [1.82, 2.24) is 4.90 Å². The molecule has 14 heavy (non-hydrogen) atoms. The molecular formula is C11H17NO2. The summed E-state index contributed by atoms with van der Waals surface area (Å²) in [7, 11) is 1.78. The summed E-state index contributed by atoms with van der Waals surface area (Å²) in [5.41, 5.74) is 1.24. The smallest absolute Gasteiger partial charge is 0.157 e.